The molecule has 7 heteroatoms. The summed E-state index contributed by atoms with van der Waals surface area (Å²) in [7, 11) is 3.55. The molecule has 162 valence electrons. The van der Waals surface area contributed by atoms with Crippen molar-refractivity contribution in [3.63, 3.8) is 0 Å². The molecule has 0 bridgehead atoms. The molecule has 2 aromatic carbocycles. The van der Waals surface area contributed by atoms with Crippen molar-refractivity contribution >= 4 is 12.5 Å². The van der Waals surface area contributed by atoms with E-state index in [0.29, 0.717) is 18.2 Å². The van der Waals surface area contributed by atoms with Crippen LogP contribution in [-0.2, 0) is 11.2 Å². The summed E-state index contributed by atoms with van der Waals surface area (Å²) in [6, 6.07) is 16.0. The van der Waals surface area contributed by atoms with Crippen molar-refractivity contribution in [1.29, 1.82) is 0 Å². The van der Waals surface area contributed by atoms with Crippen molar-refractivity contribution < 1.29 is 13.9 Å². The monoisotopic (exact) mass is 412 g/mol. The highest BCUT2D eigenvalue weighted by atomic mass is 16.5. The van der Waals surface area contributed by atoms with Crippen molar-refractivity contribution in [2.75, 3.05) is 19.5 Å². The first-order valence-corrected chi connectivity index (χ1v) is 9.68. The SMILES string of the molecule is C=O.CNc1cc(OC)ccc1C(C)Cc1nnc([C@H](C)N)o1.Cc1ccccc1. The Bertz CT molecular complexity index is 866. The van der Waals surface area contributed by atoms with Gasteiger partial charge in [-0.15, -0.1) is 10.2 Å². The Morgan fingerprint density at radius 3 is 2.27 bits per heavy atom. The highest BCUT2D eigenvalue weighted by molar-refractivity contribution is 5.56. The van der Waals surface area contributed by atoms with E-state index in [1.165, 1.54) is 11.1 Å². The smallest absolute Gasteiger partial charge is 0.232 e. The average Bonchev–Trinajstić information content (AvgIpc) is 3.24. The second kappa shape index (κ2) is 13.1. The quantitative estimate of drug-likeness (QED) is 0.622. The zero-order valence-corrected chi connectivity index (χ0v) is 18.4. The molecule has 0 spiro atoms. The maximum atomic E-state index is 8.00. The van der Waals surface area contributed by atoms with E-state index in [0.717, 1.165) is 11.4 Å². The molecule has 2 atom stereocenters. The molecule has 0 aliphatic heterocycles. The minimum atomic E-state index is -0.240. The van der Waals surface area contributed by atoms with Gasteiger partial charge in [0.2, 0.25) is 11.8 Å². The Labute approximate surface area is 178 Å². The summed E-state index contributed by atoms with van der Waals surface area (Å²) in [6.07, 6.45) is 0.667. The van der Waals surface area contributed by atoms with Crippen LogP contribution < -0.4 is 15.8 Å². The van der Waals surface area contributed by atoms with Gasteiger partial charge in [0, 0.05) is 25.2 Å². The van der Waals surface area contributed by atoms with E-state index in [-0.39, 0.29) is 12.0 Å². The third-order valence-electron chi connectivity index (χ3n) is 4.35. The number of methoxy groups -OCH3 is 1. The number of hydrogen-bond acceptors (Lipinski definition) is 7. The predicted octanol–water partition coefficient (Wildman–Crippen LogP) is 4.30. The molecule has 0 saturated carbocycles. The fourth-order valence-electron chi connectivity index (χ4n) is 2.75. The molecule has 0 saturated heterocycles. The molecular formula is C23H32N4O3. The Morgan fingerprint density at radius 2 is 1.80 bits per heavy atom. The molecule has 1 unspecified atom stereocenters. The van der Waals surface area contributed by atoms with Gasteiger partial charge in [-0.3, -0.25) is 0 Å². The van der Waals surface area contributed by atoms with Crippen LogP contribution in [0.4, 0.5) is 5.69 Å². The first-order chi connectivity index (χ1) is 14.4. The van der Waals surface area contributed by atoms with Crippen molar-refractivity contribution in [1.82, 2.24) is 10.2 Å². The number of nitrogens with one attached hydrogen (secondary N) is 1. The van der Waals surface area contributed by atoms with Gasteiger partial charge < -0.3 is 25.0 Å². The summed E-state index contributed by atoms with van der Waals surface area (Å²) in [4.78, 5) is 8.00. The molecule has 3 rings (SSSR count). The van der Waals surface area contributed by atoms with Gasteiger partial charge in [0.25, 0.3) is 0 Å². The molecule has 0 fully saturated rings. The van der Waals surface area contributed by atoms with E-state index < -0.39 is 0 Å². The first-order valence-electron chi connectivity index (χ1n) is 9.68. The predicted molar refractivity (Wildman–Crippen MR) is 120 cm³/mol. The van der Waals surface area contributed by atoms with E-state index in [9.17, 15) is 0 Å². The van der Waals surface area contributed by atoms with Crippen LogP contribution in [0.3, 0.4) is 0 Å². The number of hydrogen-bond donors (Lipinski definition) is 2. The van der Waals surface area contributed by atoms with E-state index in [1.54, 1.807) is 7.11 Å². The molecule has 1 heterocycles. The van der Waals surface area contributed by atoms with Crippen LogP contribution in [0.15, 0.2) is 52.9 Å². The van der Waals surface area contributed by atoms with Gasteiger partial charge >= 0.3 is 0 Å². The fraction of sp³-hybridized carbons (Fsp3) is 0.348. The lowest BCUT2D eigenvalue weighted by molar-refractivity contribution is -0.0979. The van der Waals surface area contributed by atoms with Crippen LogP contribution in [0.2, 0.25) is 0 Å². The second-order valence-corrected chi connectivity index (χ2v) is 6.79. The maximum absolute atomic E-state index is 8.00. The highest BCUT2D eigenvalue weighted by Gasteiger charge is 2.16. The molecule has 30 heavy (non-hydrogen) atoms. The molecule has 3 aromatic rings. The third-order valence-corrected chi connectivity index (χ3v) is 4.35. The van der Waals surface area contributed by atoms with E-state index in [4.69, 9.17) is 19.7 Å². The van der Waals surface area contributed by atoms with Crippen LogP contribution in [-0.4, -0.2) is 31.1 Å². The molecule has 0 aliphatic rings. The molecule has 0 aliphatic carbocycles. The van der Waals surface area contributed by atoms with E-state index in [1.807, 2.05) is 51.1 Å². The molecular weight excluding hydrogens is 380 g/mol. The van der Waals surface area contributed by atoms with Crippen LogP contribution in [0.25, 0.3) is 0 Å². The summed E-state index contributed by atoms with van der Waals surface area (Å²) >= 11 is 0. The highest BCUT2D eigenvalue weighted by Crippen LogP contribution is 2.30. The molecule has 0 radical (unpaired) electrons. The molecule has 0 amide bonds. The lowest BCUT2D eigenvalue weighted by Crippen LogP contribution is -2.05. The Kier molecular flexibility index (Phi) is 10.9. The largest absolute Gasteiger partial charge is 0.497 e. The number of aryl methyl sites for hydroxylation is 1. The number of anilines is 1. The first kappa shape index (κ1) is 24.8. The zero-order chi connectivity index (χ0) is 22.5. The maximum Gasteiger partial charge on any atom is 0.232 e. The molecule has 3 N–H and O–H groups in total. The minimum Gasteiger partial charge on any atom is -0.497 e. The Balaban J connectivity index is 0.000000418. The standard InChI is InChI=1S/C15H22N4O2.C7H8.CH2O/c1-9(7-14-18-19-15(21-14)10(2)16)12-6-5-11(20-4)8-13(12)17-3;1-7-5-3-2-4-6-7;1-2/h5-6,8-10,17H,7,16H2,1-4H3;2-6H,1H3;1H2/t9?,10-;;/m0../s1. The van der Waals surface area contributed by atoms with Crippen LogP contribution in [0.1, 0.15) is 48.7 Å². The van der Waals surface area contributed by atoms with E-state index >= 15 is 0 Å². The van der Waals surface area contributed by atoms with Crippen molar-refractivity contribution in [3.8, 4) is 5.75 Å². The number of carbonyl (C=O) groups excluding carboxylic acids is 1. The van der Waals surface area contributed by atoms with Crippen LogP contribution in [0, 0.1) is 6.92 Å². The van der Waals surface area contributed by atoms with Crippen molar-refractivity contribution in [2.24, 2.45) is 5.73 Å². The van der Waals surface area contributed by atoms with Gasteiger partial charge in [-0.05, 0) is 31.4 Å². The molecule has 1 aromatic heterocycles. The number of ether oxygens (including phenoxy) is 1. The average molecular weight is 413 g/mol. The van der Waals surface area contributed by atoms with Gasteiger partial charge in [-0.1, -0.05) is 48.9 Å². The molecule has 7 nitrogen and oxygen atoms in total. The number of nitrogens with two attached hydrogens (primary N) is 1. The van der Waals surface area contributed by atoms with Crippen molar-refractivity contribution in [3.05, 3.63) is 71.4 Å². The summed E-state index contributed by atoms with van der Waals surface area (Å²) in [5.74, 6) is 2.14. The van der Waals surface area contributed by atoms with Gasteiger partial charge in [-0.2, -0.15) is 0 Å². The number of rotatable bonds is 6. The van der Waals surface area contributed by atoms with Crippen LogP contribution in [0.5, 0.6) is 5.75 Å². The van der Waals surface area contributed by atoms with Crippen LogP contribution >= 0.6 is 0 Å². The summed E-state index contributed by atoms with van der Waals surface area (Å²) in [5.41, 5.74) is 9.26. The number of benzene rings is 2. The van der Waals surface area contributed by atoms with Gasteiger partial charge in [0.05, 0.1) is 13.2 Å². The number of carbonyl (C=O) groups is 1. The Morgan fingerprint density at radius 1 is 1.13 bits per heavy atom. The summed E-state index contributed by atoms with van der Waals surface area (Å²) < 4.78 is 10.8. The normalized spacial score (nSPS) is 11.8. The zero-order valence-electron chi connectivity index (χ0n) is 18.4. The minimum absolute atomic E-state index is 0.236. The lowest BCUT2D eigenvalue weighted by Gasteiger charge is -2.16. The Hall–Kier alpha value is -3.19. The topological polar surface area (TPSA) is 103 Å². The summed E-state index contributed by atoms with van der Waals surface area (Å²) in [6.45, 7) is 8.03. The van der Waals surface area contributed by atoms with Gasteiger partial charge in [-0.25, -0.2) is 0 Å². The second-order valence-electron chi connectivity index (χ2n) is 6.79. The number of nitrogens with zero attached hydrogens (tertiary/aromatic N) is 2. The van der Waals surface area contributed by atoms with Crippen molar-refractivity contribution in [2.45, 2.75) is 39.2 Å². The third kappa shape index (κ3) is 7.67. The van der Waals surface area contributed by atoms with Gasteiger partial charge in [0.1, 0.15) is 12.5 Å². The summed E-state index contributed by atoms with van der Waals surface area (Å²) in [5, 5.41) is 11.2. The van der Waals surface area contributed by atoms with Gasteiger partial charge in [0.15, 0.2) is 0 Å². The van der Waals surface area contributed by atoms with E-state index in [2.05, 4.69) is 47.6 Å². The number of aromatic nitrogens is 2. The fourth-order valence-corrected chi connectivity index (χ4v) is 2.75. The lowest BCUT2D eigenvalue weighted by atomic mass is 9.96.